The van der Waals surface area contributed by atoms with E-state index in [4.69, 9.17) is 9.97 Å². The molecule has 1 fully saturated rings. The summed E-state index contributed by atoms with van der Waals surface area (Å²) in [6, 6.07) is 21.0. The minimum Gasteiger partial charge on any atom is -0.362 e. The van der Waals surface area contributed by atoms with Crippen LogP contribution in [0, 0.1) is 0 Å². The minimum absolute atomic E-state index is 0.320. The quantitative estimate of drug-likeness (QED) is 0.461. The number of aromatic nitrogens is 3. The van der Waals surface area contributed by atoms with Crippen molar-refractivity contribution in [2.24, 2.45) is 0 Å². The van der Waals surface area contributed by atoms with Gasteiger partial charge in [-0.25, -0.2) is 9.97 Å². The highest BCUT2D eigenvalue weighted by Crippen LogP contribution is 2.34. The van der Waals surface area contributed by atoms with Crippen molar-refractivity contribution < 1.29 is 0 Å². The van der Waals surface area contributed by atoms with Gasteiger partial charge in [0, 0.05) is 37.8 Å². The van der Waals surface area contributed by atoms with Gasteiger partial charge < -0.3 is 10.2 Å². The standard InChI is InChI=1S/C26H28N6/c1-31(2)26-20(16-19-8-3-4-9-22(19)30-26)18-32-15-7-10-24(32)23-13-12-21(17-28-23)29-25-11-5-6-14-27-25/h3-6,8-9,11-14,16-17,24H,7,10,15,18H2,1-2H3,(H,27,29)/t24-/m1/s1. The van der Waals surface area contributed by atoms with Crippen molar-refractivity contribution in [3.8, 4) is 0 Å². The van der Waals surface area contributed by atoms with Gasteiger partial charge in [0.15, 0.2) is 0 Å². The van der Waals surface area contributed by atoms with Crippen LogP contribution in [0.5, 0.6) is 0 Å². The number of anilines is 3. The maximum absolute atomic E-state index is 4.94. The number of nitrogens with one attached hydrogen (secondary N) is 1. The number of hydrogen-bond acceptors (Lipinski definition) is 6. The third-order valence-electron chi connectivity index (χ3n) is 6.01. The minimum atomic E-state index is 0.320. The van der Waals surface area contributed by atoms with E-state index in [0.717, 1.165) is 48.0 Å². The third kappa shape index (κ3) is 4.27. The number of hydrogen-bond donors (Lipinski definition) is 1. The van der Waals surface area contributed by atoms with Crippen molar-refractivity contribution in [1.29, 1.82) is 0 Å². The highest BCUT2D eigenvalue weighted by Gasteiger charge is 2.28. The zero-order chi connectivity index (χ0) is 21.9. The van der Waals surface area contributed by atoms with Gasteiger partial charge in [0.1, 0.15) is 11.6 Å². The first-order valence-corrected chi connectivity index (χ1v) is 11.1. The summed E-state index contributed by atoms with van der Waals surface area (Å²) in [7, 11) is 4.13. The molecule has 0 spiro atoms. The zero-order valence-electron chi connectivity index (χ0n) is 18.6. The second-order valence-electron chi connectivity index (χ2n) is 8.50. The summed E-state index contributed by atoms with van der Waals surface area (Å²) in [6.07, 6.45) is 5.99. The fourth-order valence-corrected chi connectivity index (χ4v) is 4.48. The van der Waals surface area contributed by atoms with Crippen LogP contribution in [-0.2, 0) is 6.54 Å². The molecule has 6 heteroatoms. The van der Waals surface area contributed by atoms with E-state index in [1.165, 1.54) is 17.4 Å². The lowest BCUT2D eigenvalue weighted by Crippen LogP contribution is -2.25. The van der Waals surface area contributed by atoms with E-state index in [-0.39, 0.29) is 0 Å². The van der Waals surface area contributed by atoms with Gasteiger partial charge in [0.2, 0.25) is 0 Å². The van der Waals surface area contributed by atoms with E-state index in [1.54, 1.807) is 6.20 Å². The number of rotatable bonds is 6. The smallest absolute Gasteiger partial charge is 0.133 e. The average Bonchev–Trinajstić information content (AvgIpc) is 3.28. The third-order valence-corrected chi connectivity index (χ3v) is 6.01. The van der Waals surface area contributed by atoms with Gasteiger partial charge >= 0.3 is 0 Å². The molecule has 1 aliphatic rings. The summed E-state index contributed by atoms with van der Waals surface area (Å²) in [4.78, 5) is 18.7. The molecule has 5 rings (SSSR count). The fraction of sp³-hybridized carbons (Fsp3) is 0.269. The maximum atomic E-state index is 4.94. The molecule has 3 aromatic heterocycles. The van der Waals surface area contributed by atoms with E-state index in [0.29, 0.717) is 6.04 Å². The Labute approximate surface area is 189 Å². The van der Waals surface area contributed by atoms with E-state index >= 15 is 0 Å². The first kappa shape index (κ1) is 20.4. The molecular formula is C26H28N6. The Bertz CT molecular complexity index is 1190. The van der Waals surface area contributed by atoms with E-state index < -0.39 is 0 Å². The second-order valence-corrected chi connectivity index (χ2v) is 8.50. The summed E-state index contributed by atoms with van der Waals surface area (Å²) < 4.78 is 0. The summed E-state index contributed by atoms with van der Waals surface area (Å²) >= 11 is 0. The van der Waals surface area contributed by atoms with Crippen LogP contribution in [0.3, 0.4) is 0 Å². The highest BCUT2D eigenvalue weighted by molar-refractivity contribution is 5.81. The summed E-state index contributed by atoms with van der Waals surface area (Å²) in [5.41, 5.74) is 4.37. The van der Waals surface area contributed by atoms with Crippen LogP contribution in [-0.4, -0.2) is 40.5 Å². The molecule has 1 aromatic carbocycles. The first-order valence-electron chi connectivity index (χ1n) is 11.1. The molecule has 1 aliphatic heterocycles. The molecule has 4 aromatic rings. The van der Waals surface area contributed by atoms with Crippen LogP contribution < -0.4 is 10.2 Å². The predicted octanol–water partition coefficient (Wildman–Crippen LogP) is 5.17. The Hall–Kier alpha value is -3.51. The molecular weight excluding hydrogens is 396 g/mol. The van der Waals surface area contributed by atoms with Crippen LogP contribution in [0.4, 0.5) is 17.3 Å². The fourth-order valence-electron chi connectivity index (χ4n) is 4.48. The van der Waals surface area contributed by atoms with Crippen LogP contribution in [0.1, 0.15) is 30.1 Å². The molecule has 0 radical (unpaired) electrons. The molecule has 0 aliphatic carbocycles. The lowest BCUT2D eigenvalue weighted by Gasteiger charge is -2.26. The molecule has 1 N–H and O–H groups in total. The van der Waals surface area contributed by atoms with Crippen molar-refractivity contribution in [2.75, 3.05) is 30.9 Å². The topological polar surface area (TPSA) is 57.2 Å². The summed E-state index contributed by atoms with van der Waals surface area (Å²) in [6.45, 7) is 1.94. The van der Waals surface area contributed by atoms with E-state index in [1.807, 2.05) is 30.5 Å². The molecule has 0 amide bonds. The van der Waals surface area contributed by atoms with E-state index in [9.17, 15) is 0 Å². The number of benzene rings is 1. The van der Waals surface area contributed by atoms with Crippen molar-refractivity contribution in [2.45, 2.75) is 25.4 Å². The van der Waals surface area contributed by atoms with Gasteiger partial charge in [0.05, 0.1) is 29.1 Å². The van der Waals surface area contributed by atoms with E-state index in [2.05, 4.69) is 70.6 Å². The van der Waals surface area contributed by atoms with Crippen molar-refractivity contribution in [1.82, 2.24) is 19.9 Å². The summed E-state index contributed by atoms with van der Waals surface area (Å²) in [5.74, 6) is 1.86. The maximum Gasteiger partial charge on any atom is 0.133 e. The Kier molecular flexibility index (Phi) is 5.69. The molecule has 32 heavy (non-hydrogen) atoms. The Morgan fingerprint density at radius 3 is 2.69 bits per heavy atom. The van der Waals surface area contributed by atoms with Gasteiger partial charge in [-0.3, -0.25) is 9.88 Å². The zero-order valence-corrected chi connectivity index (χ0v) is 18.6. The molecule has 4 heterocycles. The Balaban J connectivity index is 1.37. The largest absolute Gasteiger partial charge is 0.362 e. The molecule has 0 unspecified atom stereocenters. The van der Waals surface area contributed by atoms with Crippen LogP contribution in [0.2, 0.25) is 0 Å². The van der Waals surface area contributed by atoms with Gasteiger partial charge in [0.25, 0.3) is 0 Å². The van der Waals surface area contributed by atoms with Crippen LogP contribution >= 0.6 is 0 Å². The average molecular weight is 425 g/mol. The molecule has 162 valence electrons. The number of likely N-dealkylation sites (tertiary alicyclic amines) is 1. The highest BCUT2D eigenvalue weighted by atomic mass is 15.2. The lowest BCUT2D eigenvalue weighted by molar-refractivity contribution is 0.244. The normalized spacial score (nSPS) is 16.4. The number of para-hydroxylation sites is 1. The number of pyridine rings is 3. The van der Waals surface area contributed by atoms with Crippen molar-refractivity contribution in [3.63, 3.8) is 0 Å². The Morgan fingerprint density at radius 1 is 1.03 bits per heavy atom. The SMILES string of the molecule is CN(C)c1nc2ccccc2cc1CN1CCC[C@@H]1c1ccc(Nc2ccccn2)cn1. The molecule has 1 atom stereocenters. The Morgan fingerprint density at radius 2 is 1.91 bits per heavy atom. The van der Waals surface area contributed by atoms with Gasteiger partial charge in [-0.05, 0) is 55.8 Å². The monoisotopic (exact) mass is 424 g/mol. The number of fused-ring (bicyclic) bond motifs is 1. The lowest BCUT2D eigenvalue weighted by atomic mass is 10.1. The molecule has 6 nitrogen and oxygen atoms in total. The van der Waals surface area contributed by atoms with Gasteiger partial charge in [-0.1, -0.05) is 24.3 Å². The van der Waals surface area contributed by atoms with Crippen LogP contribution in [0.25, 0.3) is 10.9 Å². The first-order chi connectivity index (χ1) is 15.7. The number of nitrogens with zero attached hydrogens (tertiary/aromatic N) is 5. The molecule has 0 saturated carbocycles. The van der Waals surface area contributed by atoms with Gasteiger partial charge in [-0.15, -0.1) is 0 Å². The van der Waals surface area contributed by atoms with Crippen molar-refractivity contribution >= 4 is 28.2 Å². The van der Waals surface area contributed by atoms with Crippen LogP contribution in [0.15, 0.2) is 73.1 Å². The second kappa shape index (κ2) is 8.93. The molecule has 0 bridgehead atoms. The molecule has 1 saturated heterocycles. The predicted molar refractivity (Wildman–Crippen MR) is 130 cm³/mol. The van der Waals surface area contributed by atoms with Gasteiger partial charge in [-0.2, -0.15) is 0 Å². The summed E-state index contributed by atoms with van der Waals surface area (Å²) in [5, 5.41) is 4.50. The van der Waals surface area contributed by atoms with Crippen molar-refractivity contribution in [3.05, 3.63) is 84.3 Å².